The Morgan fingerprint density at radius 1 is 0.580 bits per heavy atom. The molecule has 0 spiro atoms. The summed E-state index contributed by atoms with van der Waals surface area (Å²) in [5, 5.41) is 0. The number of hydrogen-bond donors (Lipinski definition) is 0. The van der Waals surface area contributed by atoms with Gasteiger partial charge in [-0.25, -0.2) is 0 Å². The van der Waals surface area contributed by atoms with Gasteiger partial charge in [-0.2, -0.15) is 0 Å². The van der Waals surface area contributed by atoms with E-state index < -0.39 is 75.6 Å². The summed E-state index contributed by atoms with van der Waals surface area (Å²) in [6.07, 6.45) is 9.73. The summed E-state index contributed by atoms with van der Waals surface area (Å²) in [5.74, 6) is 0.736. The van der Waals surface area contributed by atoms with Gasteiger partial charge in [-0.1, -0.05) is 74.0 Å². The lowest BCUT2D eigenvalue weighted by Crippen LogP contribution is -2.66. The summed E-state index contributed by atoms with van der Waals surface area (Å²) < 4.78 is 49.2. The normalized spacial score (nSPS) is 21.8. The van der Waals surface area contributed by atoms with Crippen LogP contribution in [-0.2, 0) is 43.8 Å². The van der Waals surface area contributed by atoms with Crippen LogP contribution in [0, 0.1) is 16.7 Å². The third kappa shape index (κ3) is 32.0. The Hall–Kier alpha value is 0.652. The number of carbonyl (C=O) groups excluding carboxylic acids is 2. The maximum absolute atomic E-state index is 12.0. The second-order valence-corrected chi connectivity index (χ2v) is 65.8. The average molecular weight is 1130 g/mol. The molecule has 69 heavy (non-hydrogen) atoms. The van der Waals surface area contributed by atoms with Crippen molar-refractivity contribution >= 4 is 87.5 Å². The smallest absolute Gasteiger partial charge is 0.320 e. The minimum Gasteiger partial charge on any atom is -0.465 e. The van der Waals surface area contributed by atoms with Crippen molar-refractivity contribution in [2.24, 2.45) is 16.7 Å². The summed E-state index contributed by atoms with van der Waals surface area (Å²) in [6.45, 7) is 66.4. The first-order chi connectivity index (χ1) is 30.5. The molecule has 0 bridgehead atoms. The molecule has 1 aliphatic carbocycles. The lowest BCUT2D eigenvalue weighted by atomic mass is 9.90. The highest BCUT2D eigenvalue weighted by Gasteiger charge is 2.54. The van der Waals surface area contributed by atoms with Gasteiger partial charge in [0.25, 0.3) is 0 Å². The zero-order valence-electron chi connectivity index (χ0n) is 51.4. The molecule has 2 atom stereocenters. The molecule has 414 valence electrons. The molecule has 2 fully saturated rings. The predicted octanol–water partition coefficient (Wildman–Crippen LogP) is 17.2. The largest absolute Gasteiger partial charge is 0.465 e. The van der Waals surface area contributed by atoms with Gasteiger partial charge in [0.2, 0.25) is 0 Å². The van der Waals surface area contributed by atoms with Gasteiger partial charge in [0.15, 0.2) is 33.3 Å². The molecule has 1 saturated carbocycles. The van der Waals surface area contributed by atoms with Crippen molar-refractivity contribution in [2.75, 3.05) is 6.61 Å². The van der Waals surface area contributed by atoms with Crippen molar-refractivity contribution in [1.29, 1.82) is 0 Å². The average Bonchev–Trinajstić information content (AvgIpc) is 3.12. The Morgan fingerprint density at radius 3 is 1.33 bits per heavy atom. The first-order valence-corrected chi connectivity index (χ1v) is 54.6. The van der Waals surface area contributed by atoms with E-state index in [1.54, 1.807) is 0 Å². The van der Waals surface area contributed by atoms with Crippen molar-refractivity contribution in [3.63, 3.8) is 0 Å². The predicted molar refractivity (Wildman–Crippen MR) is 320 cm³/mol. The maximum Gasteiger partial charge on any atom is 0.320 e. The first kappa shape index (κ1) is 71.7. The molecule has 0 radical (unpaired) electrons. The SMILES string of the molecule is CCC(C)(C)C(=O)OC1CCC([Si](C)(C)C)CC1.CCC(C)(C)C(=O)OCCC[Si](C)(C)O[Si](C)(C)C.CCC(C)C[Si](C)(C)O[Si](C)(C)C.CCC(C)[Si]1(C)O[Si](C)(C)O[Si](C)(C)O[Si](C)(C)O1. The van der Waals surface area contributed by atoms with E-state index in [4.69, 9.17) is 34.2 Å². The van der Waals surface area contributed by atoms with Crippen LogP contribution in [0.4, 0.5) is 0 Å². The number of hydrogen-bond acceptors (Lipinski definition) is 10. The lowest BCUT2D eigenvalue weighted by molar-refractivity contribution is -0.161. The Labute approximate surface area is 439 Å². The van der Waals surface area contributed by atoms with E-state index in [2.05, 4.69) is 159 Å². The number of carbonyl (C=O) groups is 2. The first-order valence-electron chi connectivity index (χ1n) is 27.1. The molecule has 1 heterocycles. The molecular weight excluding hydrogens is 1010 g/mol. The van der Waals surface area contributed by atoms with Crippen molar-refractivity contribution in [3.8, 4) is 0 Å². The third-order valence-electron chi connectivity index (χ3n) is 13.3. The fourth-order valence-electron chi connectivity index (χ4n) is 9.05. The molecule has 0 N–H and O–H groups in total. The highest BCUT2D eigenvalue weighted by molar-refractivity contribution is 6.93. The minimum atomic E-state index is -2.26. The zero-order valence-corrected chi connectivity index (χ0v) is 60.4. The van der Waals surface area contributed by atoms with E-state index in [-0.39, 0.29) is 28.9 Å². The van der Waals surface area contributed by atoms with Crippen LogP contribution in [0.2, 0.25) is 154 Å². The summed E-state index contributed by atoms with van der Waals surface area (Å²) in [4.78, 5) is 23.8. The summed E-state index contributed by atoms with van der Waals surface area (Å²) >= 11 is 0. The minimum absolute atomic E-state index is 0.0125. The molecule has 0 aromatic heterocycles. The van der Waals surface area contributed by atoms with Crippen molar-refractivity contribution in [1.82, 2.24) is 0 Å². The van der Waals surface area contributed by atoms with E-state index in [0.717, 1.165) is 56.0 Å². The molecular formula is C50H118O10Si9. The highest BCUT2D eigenvalue weighted by atomic mass is 28.5. The van der Waals surface area contributed by atoms with Gasteiger partial charge >= 0.3 is 46.2 Å². The Morgan fingerprint density at radius 2 is 0.971 bits per heavy atom. The molecule has 1 aliphatic heterocycles. The second-order valence-electron chi connectivity index (χ2n) is 27.6. The molecule has 0 aromatic carbocycles. The second kappa shape index (κ2) is 28.7. The van der Waals surface area contributed by atoms with E-state index in [1.165, 1.54) is 25.3 Å². The van der Waals surface area contributed by atoms with Crippen LogP contribution in [-0.4, -0.2) is 100 Å². The summed E-state index contributed by atoms with van der Waals surface area (Å²) in [6, 6.07) is 2.37. The monoisotopic (exact) mass is 1130 g/mol. The third-order valence-corrected chi connectivity index (χ3v) is 46.1. The van der Waals surface area contributed by atoms with Crippen LogP contribution in [0.15, 0.2) is 0 Å². The van der Waals surface area contributed by atoms with E-state index in [9.17, 15) is 9.59 Å². The van der Waals surface area contributed by atoms with Gasteiger partial charge in [0.05, 0.1) is 17.4 Å². The van der Waals surface area contributed by atoms with Crippen LogP contribution >= 0.6 is 0 Å². The maximum atomic E-state index is 12.0. The van der Waals surface area contributed by atoms with Gasteiger partial charge in [-0.3, -0.25) is 9.59 Å². The number of esters is 2. The highest BCUT2D eigenvalue weighted by Crippen LogP contribution is 2.39. The van der Waals surface area contributed by atoms with Crippen molar-refractivity contribution < 1.29 is 43.8 Å². The molecule has 2 rings (SSSR count). The Balaban J connectivity index is 0. The number of rotatable bonds is 19. The summed E-state index contributed by atoms with van der Waals surface area (Å²) in [5.41, 5.74) is 0.671. The topological polar surface area (TPSA) is 108 Å². The van der Waals surface area contributed by atoms with Gasteiger partial charge in [-0.15, -0.1) is 0 Å². The summed E-state index contributed by atoms with van der Waals surface area (Å²) in [7, 11) is -15.5. The van der Waals surface area contributed by atoms with Gasteiger partial charge < -0.3 is 34.2 Å². The molecule has 19 heteroatoms. The molecule has 0 aromatic rings. The van der Waals surface area contributed by atoms with Crippen LogP contribution in [0.3, 0.4) is 0 Å². The number of ether oxygens (including phenoxy) is 2. The standard InChI is InChI=1S/C15H30O2Si.C14H32O3Si2.C11H30O4Si4.C10H26OSi2/c1-7-15(2,3)14(16)17-12-8-10-13(11-9-12)18(4,5)6;1-9-14(2,3)13(15)16-11-10-12-19(7,8)17-18(4,5)6;1-10-11(2)19(9)14-17(5,6)12-16(3,4)13-18(7,8)15-19;1-8-10(2)9-13(6,7)11-12(3,4)5/h12-13H,7-11H2,1-6H3;9-12H2,1-8H3;11H,10H2,1-9H3;10H,8-9H2,1-7H3. The Kier molecular flexibility index (Phi) is 29.8. The van der Waals surface area contributed by atoms with Crippen molar-refractivity contribution in [2.45, 2.75) is 287 Å². The van der Waals surface area contributed by atoms with Gasteiger partial charge in [-0.05, 0) is 213 Å². The van der Waals surface area contributed by atoms with E-state index in [1.807, 2.05) is 41.5 Å². The quantitative estimate of drug-likeness (QED) is 0.0705. The van der Waals surface area contributed by atoms with Crippen LogP contribution in [0.1, 0.15) is 127 Å². The zero-order chi connectivity index (χ0) is 55.1. The van der Waals surface area contributed by atoms with E-state index in [0.29, 0.717) is 12.1 Å². The Bertz CT molecular complexity index is 1470. The fourth-order valence-corrected chi connectivity index (χ4v) is 49.9. The lowest BCUT2D eigenvalue weighted by Gasteiger charge is -2.49. The van der Waals surface area contributed by atoms with Crippen LogP contribution in [0.25, 0.3) is 0 Å². The molecule has 0 amide bonds. The van der Waals surface area contributed by atoms with E-state index >= 15 is 0 Å². The van der Waals surface area contributed by atoms with Gasteiger partial charge in [0, 0.05) is 8.07 Å². The fraction of sp³-hybridized carbons (Fsp3) is 0.960. The molecule has 2 aliphatic rings. The molecule has 10 nitrogen and oxygen atoms in total. The van der Waals surface area contributed by atoms with Crippen LogP contribution in [0.5, 0.6) is 0 Å². The molecule has 2 unspecified atom stereocenters. The van der Waals surface area contributed by atoms with Crippen molar-refractivity contribution in [3.05, 3.63) is 0 Å². The van der Waals surface area contributed by atoms with Crippen LogP contribution < -0.4 is 0 Å². The molecule has 1 saturated heterocycles. The van der Waals surface area contributed by atoms with Gasteiger partial charge in [0.1, 0.15) is 6.10 Å².